The van der Waals surface area contributed by atoms with Crippen molar-refractivity contribution in [1.82, 2.24) is 0 Å². The number of carbonyl (C=O) groups is 1. The van der Waals surface area contributed by atoms with Gasteiger partial charge >= 0.3 is 0 Å². The topological polar surface area (TPSA) is 62.1 Å². The molecule has 0 aliphatic rings. The quantitative estimate of drug-likeness (QED) is 0.405. The summed E-state index contributed by atoms with van der Waals surface area (Å²) in [6, 6.07) is 14.5. The van der Waals surface area contributed by atoms with Crippen LogP contribution in [0.2, 0.25) is 5.02 Å². The van der Waals surface area contributed by atoms with Crippen LogP contribution in [0.1, 0.15) is 30.9 Å². The van der Waals surface area contributed by atoms with E-state index in [1.165, 1.54) is 0 Å². The second kappa shape index (κ2) is 9.65. The number of hydrogen-bond acceptors (Lipinski definition) is 3. The van der Waals surface area contributed by atoms with Crippen LogP contribution in [-0.2, 0) is 4.79 Å². The van der Waals surface area contributed by atoms with Gasteiger partial charge in [0.25, 0.3) is 5.91 Å². The normalized spacial score (nSPS) is 10.9. The number of carbonyl (C=O) groups excluding carboxylic acids is 1. The van der Waals surface area contributed by atoms with E-state index >= 15 is 0 Å². The lowest BCUT2D eigenvalue weighted by atomic mass is 10.1. The van der Waals surface area contributed by atoms with Crippen molar-refractivity contribution in [3.8, 4) is 11.8 Å². The number of nitrogens with one attached hydrogen (secondary N) is 1. The van der Waals surface area contributed by atoms with Crippen molar-refractivity contribution >= 4 is 29.3 Å². The van der Waals surface area contributed by atoms with Gasteiger partial charge in [0, 0.05) is 10.7 Å². The van der Waals surface area contributed by atoms with Crippen molar-refractivity contribution < 1.29 is 9.53 Å². The van der Waals surface area contributed by atoms with Gasteiger partial charge in [-0.1, -0.05) is 43.1 Å². The molecular weight excluding hydrogens is 348 g/mol. The number of unbranched alkanes of at least 4 members (excludes halogenated alkanes) is 1. The van der Waals surface area contributed by atoms with E-state index in [1.807, 2.05) is 37.3 Å². The Morgan fingerprint density at radius 3 is 2.65 bits per heavy atom. The lowest BCUT2D eigenvalue weighted by Gasteiger charge is -2.09. The molecule has 0 atom stereocenters. The highest BCUT2D eigenvalue weighted by Gasteiger charge is 2.12. The molecule has 5 heteroatoms. The van der Waals surface area contributed by atoms with Crippen LogP contribution in [0.25, 0.3) is 6.08 Å². The summed E-state index contributed by atoms with van der Waals surface area (Å²) < 4.78 is 5.61. The Kier molecular flexibility index (Phi) is 7.25. The van der Waals surface area contributed by atoms with Crippen molar-refractivity contribution in [3.63, 3.8) is 0 Å². The average molecular weight is 369 g/mol. The summed E-state index contributed by atoms with van der Waals surface area (Å²) in [6.45, 7) is 4.60. The minimum Gasteiger partial charge on any atom is -0.494 e. The first kappa shape index (κ1) is 19.6. The molecule has 2 aromatic rings. The molecule has 0 bridgehead atoms. The van der Waals surface area contributed by atoms with Crippen molar-refractivity contribution in [3.05, 3.63) is 64.2 Å². The molecule has 2 rings (SSSR count). The van der Waals surface area contributed by atoms with E-state index in [0.717, 1.165) is 29.7 Å². The third-order valence-corrected chi connectivity index (χ3v) is 4.25. The van der Waals surface area contributed by atoms with E-state index in [1.54, 1.807) is 24.3 Å². The Bertz CT molecular complexity index is 836. The van der Waals surface area contributed by atoms with Crippen LogP contribution in [0.15, 0.2) is 48.0 Å². The summed E-state index contributed by atoms with van der Waals surface area (Å²) in [4.78, 5) is 12.4. The minimum atomic E-state index is -0.471. The number of rotatable bonds is 7. The molecule has 1 N–H and O–H groups in total. The van der Waals surface area contributed by atoms with Gasteiger partial charge < -0.3 is 10.1 Å². The van der Waals surface area contributed by atoms with Crippen LogP contribution < -0.4 is 10.1 Å². The van der Waals surface area contributed by atoms with Crippen molar-refractivity contribution in [2.45, 2.75) is 26.7 Å². The first-order valence-corrected chi connectivity index (χ1v) is 8.84. The molecule has 26 heavy (non-hydrogen) atoms. The lowest BCUT2D eigenvalue weighted by Crippen LogP contribution is -2.14. The van der Waals surface area contributed by atoms with Gasteiger partial charge in [-0.15, -0.1) is 0 Å². The Hall–Kier alpha value is -2.77. The van der Waals surface area contributed by atoms with E-state index < -0.39 is 5.91 Å². The fourth-order valence-corrected chi connectivity index (χ4v) is 2.42. The van der Waals surface area contributed by atoms with Gasteiger partial charge in [-0.3, -0.25) is 4.79 Å². The third-order valence-electron chi connectivity index (χ3n) is 3.84. The SMILES string of the molecule is CCCCOc1ccc(/C=C(\C#N)C(=O)Nc2cccc(Cl)c2C)cc1. The van der Waals surface area contributed by atoms with E-state index in [4.69, 9.17) is 16.3 Å². The number of benzene rings is 2. The van der Waals surface area contributed by atoms with E-state index in [2.05, 4.69) is 12.2 Å². The highest BCUT2D eigenvalue weighted by Crippen LogP contribution is 2.23. The van der Waals surface area contributed by atoms with Crippen molar-refractivity contribution in [2.75, 3.05) is 11.9 Å². The summed E-state index contributed by atoms with van der Waals surface area (Å²) in [5, 5.41) is 12.6. The van der Waals surface area contributed by atoms with Gasteiger partial charge in [-0.25, -0.2) is 0 Å². The van der Waals surface area contributed by atoms with Crippen LogP contribution in [0.4, 0.5) is 5.69 Å². The van der Waals surface area contributed by atoms with Crippen LogP contribution in [0.5, 0.6) is 5.75 Å². The minimum absolute atomic E-state index is 0.0176. The number of hydrogen-bond donors (Lipinski definition) is 1. The molecule has 0 unspecified atom stereocenters. The predicted molar refractivity (Wildman–Crippen MR) is 105 cm³/mol. The molecule has 2 aromatic carbocycles. The van der Waals surface area contributed by atoms with Crippen molar-refractivity contribution in [2.24, 2.45) is 0 Å². The number of halogens is 1. The second-order valence-electron chi connectivity index (χ2n) is 5.81. The number of ether oxygens (including phenoxy) is 1. The van der Waals surface area contributed by atoms with Crippen LogP contribution >= 0.6 is 11.6 Å². The molecular formula is C21H21ClN2O2. The fraction of sp³-hybridized carbons (Fsp3) is 0.238. The van der Waals surface area contributed by atoms with E-state index in [0.29, 0.717) is 17.3 Å². The fourth-order valence-electron chi connectivity index (χ4n) is 2.24. The number of nitrogens with zero attached hydrogens (tertiary/aromatic N) is 1. The van der Waals surface area contributed by atoms with Crippen LogP contribution in [-0.4, -0.2) is 12.5 Å². The molecule has 134 valence electrons. The van der Waals surface area contributed by atoms with Gasteiger partial charge in [-0.2, -0.15) is 5.26 Å². The molecule has 0 aliphatic heterocycles. The molecule has 0 aliphatic carbocycles. The van der Waals surface area contributed by atoms with Gasteiger partial charge in [0.1, 0.15) is 17.4 Å². The number of anilines is 1. The highest BCUT2D eigenvalue weighted by atomic mass is 35.5. The molecule has 0 heterocycles. The van der Waals surface area contributed by atoms with Gasteiger partial charge in [0.15, 0.2) is 0 Å². The smallest absolute Gasteiger partial charge is 0.266 e. The summed E-state index contributed by atoms with van der Waals surface area (Å²) in [5.41, 5.74) is 2.11. The molecule has 0 fully saturated rings. The average Bonchev–Trinajstić information content (AvgIpc) is 2.65. The third kappa shape index (κ3) is 5.37. The van der Waals surface area contributed by atoms with Gasteiger partial charge in [-0.05, 0) is 54.8 Å². The standard InChI is InChI=1S/C21H21ClN2O2/c1-3-4-12-26-18-10-8-16(9-11-18)13-17(14-23)21(25)24-20-7-5-6-19(22)15(20)2/h5-11,13H,3-4,12H2,1-2H3,(H,24,25)/b17-13+. The monoisotopic (exact) mass is 368 g/mol. The predicted octanol–water partition coefficient (Wildman–Crippen LogP) is 5.37. The summed E-state index contributed by atoms with van der Waals surface area (Å²) in [5.74, 6) is 0.300. The summed E-state index contributed by atoms with van der Waals surface area (Å²) in [6.07, 6.45) is 3.63. The molecule has 0 radical (unpaired) electrons. The zero-order valence-electron chi connectivity index (χ0n) is 14.9. The first-order chi connectivity index (χ1) is 12.5. The summed E-state index contributed by atoms with van der Waals surface area (Å²) in [7, 11) is 0. The second-order valence-corrected chi connectivity index (χ2v) is 6.21. The van der Waals surface area contributed by atoms with Crippen LogP contribution in [0, 0.1) is 18.3 Å². The number of nitriles is 1. The maximum absolute atomic E-state index is 12.4. The Labute approximate surface area is 159 Å². The molecule has 1 amide bonds. The first-order valence-electron chi connectivity index (χ1n) is 8.46. The zero-order chi connectivity index (χ0) is 18.9. The van der Waals surface area contributed by atoms with Gasteiger partial charge in [0.2, 0.25) is 0 Å². The highest BCUT2D eigenvalue weighted by molar-refractivity contribution is 6.31. The summed E-state index contributed by atoms with van der Waals surface area (Å²) >= 11 is 6.06. The Morgan fingerprint density at radius 1 is 1.27 bits per heavy atom. The number of amides is 1. The van der Waals surface area contributed by atoms with Gasteiger partial charge in [0.05, 0.1) is 6.61 Å². The van der Waals surface area contributed by atoms with E-state index in [9.17, 15) is 10.1 Å². The van der Waals surface area contributed by atoms with E-state index in [-0.39, 0.29) is 5.57 Å². The molecule has 0 spiro atoms. The largest absolute Gasteiger partial charge is 0.494 e. The Balaban J connectivity index is 2.10. The maximum Gasteiger partial charge on any atom is 0.266 e. The molecule has 0 saturated heterocycles. The van der Waals surface area contributed by atoms with Crippen molar-refractivity contribution in [1.29, 1.82) is 5.26 Å². The molecule has 4 nitrogen and oxygen atoms in total. The zero-order valence-corrected chi connectivity index (χ0v) is 15.6. The lowest BCUT2D eigenvalue weighted by molar-refractivity contribution is -0.112. The Morgan fingerprint density at radius 2 is 2.00 bits per heavy atom. The maximum atomic E-state index is 12.4. The molecule has 0 aromatic heterocycles. The van der Waals surface area contributed by atoms with Crippen LogP contribution in [0.3, 0.4) is 0 Å². The molecule has 0 saturated carbocycles.